The maximum atomic E-state index is 13.2. The normalized spacial score (nSPS) is 11.1. The van der Waals surface area contributed by atoms with Gasteiger partial charge in [0.1, 0.15) is 5.82 Å². The van der Waals surface area contributed by atoms with Crippen LogP contribution in [0.15, 0.2) is 29.4 Å². The number of benzene rings is 1. The number of ether oxygens (including phenoxy) is 1. The number of hydrazone groups is 1. The van der Waals surface area contributed by atoms with E-state index < -0.39 is 5.97 Å². The molecule has 1 rings (SSSR count). The van der Waals surface area contributed by atoms with Crippen molar-refractivity contribution in [3.05, 3.63) is 35.6 Å². The number of rotatable bonds is 5. The van der Waals surface area contributed by atoms with Crippen molar-refractivity contribution in [1.29, 1.82) is 0 Å². The number of esters is 1. The summed E-state index contributed by atoms with van der Waals surface area (Å²) in [5.41, 5.74) is 2.93. The van der Waals surface area contributed by atoms with Crippen LogP contribution in [0.5, 0.6) is 0 Å². The molecule has 1 N–H and O–H groups in total. The standard InChI is InChI=1S/C11H12ClFN2O2/c1-2-17-11(16)10(12)15-14-7-8-5-3-4-6-9(8)13/h3-6,14H,2,7H2,1H3/b15-10+. The van der Waals surface area contributed by atoms with Crippen molar-refractivity contribution in [1.82, 2.24) is 5.43 Å². The average molecular weight is 259 g/mol. The topological polar surface area (TPSA) is 50.7 Å². The summed E-state index contributed by atoms with van der Waals surface area (Å²) in [5.74, 6) is -1.06. The number of nitrogens with one attached hydrogen (secondary N) is 1. The van der Waals surface area contributed by atoms with Gasteiger partial charge in [-0.3, -0.25) is 0 Å². The Balaban J connectivity index is 2.49. The van der Waals surface area contributed by atoms with E-state index in [0.717, 1.165) is 0 Å². The number of halogens is 2. The second-order valence-electron chi connectivity index (χ2n) is 3.05. The predicted octanol–water partition coefficient (Wildman–Crippen LogP) is 2.03. The van der Waals surface area contributed by atoms with Crippen LogP contribution in [0.3, 0.4) is 0 Å². The quantitative estimate of drug-likeness (QED) is 0.499. The minimum atomic E-state index is -0.713. The number of carbonyl (C=O) groups excluding carboxylic acids is 1. The summed E-state index contributed by atoms with van der Waals surface area (Å²) < 4.78 is 17.8. The van der Waals surface area contributed by atoms with E-state index in [0.29, 0.717) is 5.56 Å². The SMILES string of the molecule is CCOC(=O)/C(Cl)=N\NCc1ccccc1F. The highest BCUT2D eigenvalue weighted by molar-refractivity contribution is 6.81. The number of hydrogen-bond donors (Lipinski definition) is 1. The van der Waals surface area contributed by atoms with Crippen molar-refractivity contribution in [3.8, 4) is 0 Å². The summed E-state index contributed by atoms with van der Waals surface area (Å²) in [4.78, 5) is 11.1. The van der Waals surface area contributed by atoms with E-state index in [9.17, 15) is 9.18 Å². The molecule has 6 heteroatoms. The molecule has 0 bridgehead atoms. The van der Waals surface area contributed by atoms with Gasteiger partial charge >= 0.3 is 5.97 Å². The zero-order chi connectivity index (χ0) is 12.7. The molecule has 0 saturated carbocycles. The Kier molecular flexibility index (Phi) is 5.42. The lowest BCUT2D eigenvalue weighted by Gasteiger charge is -2.03. The van der Waals surface area contributed by atoms with Gasteiger partial charge in [-0.05, 0) is 13.0 Å². The van der Waals surface area contributed by atoms with E-state index in [1.807, 2.05) is 0 Å². The van der Waals surface area contributed by atoms with Crippen molar-refractivity contribution >= 4 is 22.7 Å². The smallest absolute Gasteiger partial charge is 0.370 e. The largest absolute Gasteiger partial charge is 0.461 e. The Morgan fingerprint density at radius 3 is 2.88 bits per heavy atom. The first-order chi connectivity index (χ1) is 8.15. The summed E-state index contributed by atoms with van der Waals surface area (Å²) in [5, 5.41) is 3.25. The first kappa shape index (κ1) is 13.4. The summed E-state index contributed by atoms with van der Waals surface area (Å²) in [6.07, 6.45) is 0. The van der Waals surface area contributed by atoms with E-state index in [2.05, 4.69) is 15.3 Å². The van der Waals surface area contributed by atoms with Crippen LogP contribution in [0.4, 0.5) is 4.39 Å². The Morgan fingerprint density at radius 1 is 1.53 bits per heavy atom. The fourth-order valence-electron chi connectivity index (χ4n) is 1.07. The molecule has 4 nitrogen and oxygen atoms in total. The van der Waals surface area contributed by atoms with Gasteiger partial charge in [0.15, 0.2) is 0 Å². The molecule has 1 aromatic rings. The van der Waals surface area contributed by atoms with E-state index in [4.69, 9.17) is 11.6 Å². The zero-order valence-electron chi connectivity index (χ0n) is 9.24. The molecule has 0 heterocycles. The summed E-state index contributed by atoms with van der Waals surface area (Å²) in [6.45, 7) is 2.02. The fourth-order valence-corrected chi connectivity index (χ4v) is 1.19. The lowest BCUT2D eigenvalue weighted by atomic mass is 10.2. The van der Waals surface area contributed by atoms with Crippen molar-refractivity contribution in [2.45, 2.75) is 13.5 Å². The summed E-state index contributed by atoms with van der Waals surface area (Å²) in [6, 6.07) is 6.24. The van der Waals surface area contributed by atoms with E-state index in [1.165, 1.54) is 6.07 Å². The summed E-state index contributed by atoms with van der Waals surface area (Å²) >= 11 is 5.54. The molecule has 0 aliphatic carbocycles. The highest BCUT2D eigenvalue weighted by Gasteiger charge is 2.08. The lowest BCUT2D eigenvalue weighted by molar-refractivity contribution is -0.134. The molecule has 0 aromatic heterocycles. The molecule has 0 saturated heterocycles. The van der Waals surface area contributed by atoms with Crippen LogP contribution in [0.25, 0.3) is 0 Å². The maximum Gasteiger partial charge on any atom is 0.370 e. The number of hydrogen-bond acceptors (Lipinski definition) is 4. The Hall–Kier alpha value is -1.62. The first-order valence-electron chi connectivity index (χ1n) is 5.01. The second kappa shape index (κ2) is 6.85. The molecule has 0 fully saturated rings. The Morgan fingerprint density at radius 2 is 2.24 bits per heavy atom. The molecule has 0 aliphatic heterocycles. The van der Waals surface area contributed by atoms with E-state index in [1.54, 1.807) is 25.1 Å². The Bertz CT molecular complexity index is 424. The minimum absolute atomic E-state index is 0.141. The van der Waals surface area contributed by atoms with Crippen LogP contribution in [0.2, 0.25) is 0 Å². The third kappa shape index (κ3) is 4.40. The van der Waals surface area contributed by atoms with E-state index >= 15 is 0 Å². The highest BCUT2D eigenvalue weighted by Crippen LogP contribution is 2.05. The summed E-state index contributed by atoms with van der Waals surface area (Å²) in [7, 11) is 0. The molecular weight excluding hydrogens is 247 g/mol. The van der Waals surface area contributed by atoms with Crippen molar-refractivity contribution in [2.75, 3.05) is 6.61 Å². The first-order valence-corrected chi connectivity index (χ1v) is 5.39. The van der Waals surface area contributed by atoms with Gasteiger partial charge in [0, 0.05) is 5.56 Å². The molecule has 0 spiro atoms. The molecule has 1 aromatic carbocycles. The molecule has 0 radical (unpaired) electrons. The number of carbonyl (C=O) groups is 1. The van der Waals surface area contributed by atoms with Crippen molar-refractivity contribution in [3.63, 3.8) is 0 Å². The van der Waals surface area contributed by atoms with Crippen LogP contribution in [0, 0.1) is 5.82 Å². The maximum absolute atomic E-state index is 13.2. The molecule has 0 atom stereocenters. The molecule has 0 aliphatic rings. The third-order valence-electron chi connectivity index (χ3n) is 1.85. The van der Waals surface area contributed by atoms with Crippen molar-refractivity contribution in [2.24, 2.45) is 5.10 Å². The van der Waals surface area contributed by atoms with Crippen LogP contribution in [0.1, 0.15) is 12.5 Å². The van der Waals surface area contributed by atoms with Crippen LogP contribution < -0.4 is 5.43 Å². The Labute approximate surface area is 103 Å². The molecule has 0 amide bonds. The van der Waals surface area contributed by atoms with Crippen molar-refractivity contribution < 1.29 is 13.9 Å². The zero-order valence-corrected chi connectivity index (χ0v) is 10.00. The van der Waals surface area contributed by atoms with Gasteiger partial charge in [-0.2, -0.15) is 5.10 Å². The number of nitrogens with zero attached hydrogens (tertiary/aromatic N) is 1. The predicted molar refractivity (Wildman–Crippen MR) is 63.2 cm³/mol. The second-order valence-corrected chi connectivity index (χ2v) is 3.41. The van der Waals surface area contributed by atoms with Gasteiger partial charge in [0.25, 0.3) is 0 Å². The van der Waals surface area contributed by atoms with E-state index in [-0.39, 0.29) is 24.1 Å². The lowest BCUT2D eigenvalue weighted by Crippen LogP contribution is -2.17. The molecule has 17 heavy (non-hydrogen) atoms. The highest BCUT2D eigenvalue weighted by atomic mass is 35.5. The van der Waals surface area contributed by atoms with Crippen LogP contribution >= 0.6 is 11.6 Å². The van der Waals surface area contributed by atoms with Gasteiger partial charge in [-0.15, -0.1) is 0 Å². The van der Waals surface area contributed by atoms with Crippen LogP contribution in [-0.2, 0) is 16.1 Å². The van der Waals surface area contributed by atoms with Gasteiger partial charge < -0.3 is 10.2 Å². The third-order valence-corrected chi connectivity index (χ3v) is 2.09. The van der Waals surface area contributed by atoms with Gasteiger partial charge in [0.2, 0.25) is 5.17 Å². The fraction of sp³-hybridized carbons (Fsp3) is 0.273. The minimum Gasteiger partial charge on any atom is -0.461 e. The van der Waals surface area contributed by atoms with Gasteiger partial charge in [-0.25, -0.2) is 9.18 Å². The molecule has 0 unspecified atom stereocenters. The van der Waals surface area contributed by atoms with Crippen LogP contribution in [-0.4, -0.2) is 17.7 Å². The van der Waals surface area contributed by atoms with Gasteiger partial charge in [0.05, 0.1) is 13.2 Å². The average Bonchev–Trinajstić information content (AvgIpc) is 2.31. The monoisotopic (exact) mass is 258 g/mol. The molecule has 92 valence electrons. The molecular formula is C11H12ClFN2O2. The van der Waals surface area contributed by atoms with Gasteiger partial charge in [-0.1, -0.05) is 29.8 Å².